The van der Waals surface area contributed by atoms with Crippen molar-refractivity contribution in [2.75, 3.05) is 10.6 Å². The molecule has 0 aliphatic heterocycles. The van der Waals surface area contributed by atoms with E-state index in [-0.39, 0.29) is 24.0 Å². The van der Waals surface area contributed by atoms with Gasteiger partial charge in [-0.25, -0.2) is 4.98 Å². The molecule has 32 heavy (non-hydrogen) atoms. The van der Waals surface area contributed by atoms with Crippen LogP contribution in [0.4, 0.5) is 17.2 Å². The van der Waals surface area contributed by atoms with Gasteiger partial charge in [0.15, 0.2) is 0 Å². The molecule has 0 saturated heterocycles. The number of nitrogens with one attached hydrogen (secondary N) is 2. The number of benzene rings is 2. The molecule has 2 N–H and O–H groups in total. The van der Waals surface area contributed by atoms with Gasteiger partial charge in [-0.15, -0.1) is 0 Å². The van der Waals surface area contributed by atoms with Crippen molar-refractivity contribution in [2.24, 2.45) is 0 Å². The van der Waals surface area contributed by atoms with Crippen LogP contribution >= 0.6 is 15.9 Å². The third kappa shape index (κ3) is 4.81. The maximum Gasteiger partial charge on any atom is 0.270 e. The second kappa shape index (κ2) is 8.98. The Bertz CT molecular complexity index is 1330. The molecule has 0 fully saturated rings. The maximum absolute atomic E-state index is 12.5. The number of halogens is 1. The minimum absolute atomic E-state index is 0.00636. The number of aromatic nitrogens is 2. The van der Waals surface area contributed by atoms with Gasteiger partial charge in [-0.05, 0) is 58.4 Å². The molecule has 9 nitrogen and oxygen atoms in total. The fraction of sp³-hybridized carbons (Fsp3) is 0.0455. The van der Waals surface area contributed by atoms with Crippen molar-refractivity contribution in [2.45, 2.75) is 6.54 Å². The molecular formula is C22H16BrN5O4. The summed E-state index contributed by atoms with van der Waals surface area (Å²) in [5.41, 5.74) is 1.54. The number of nitrogens with zero attached hydrogens (tertiary/aromatic N) is 3. The zero-order valence-electron chi connectivity index (χ0n) is 16.5. The number of pyridine rings is 1. The van der Waals surface area contributed by atoms with Gasteiger partial charge in [-0.3, -0.25) is 19.7 Å². The summed E-state index contributed by atoms with van der Waals surface area (Å²) in [6.07, 6.45) is 3.28. The third-order valence-corrected chi connectivity index (χ3v) is 5.13. The summed E-state index contributed by atoms with van der Waals surface area (Å²) in [5, 5.41) is 17.1. The Morgan fingerprint density at radius 2 is 1.91 bits per heavy atom. The Labute approximate surface area is 190 Å². The average Bonchev–Trinajstić information content (AvgIpc) is 3.17. The first kappa shape index (κ1) is 21.2. The third-order valence-electron chi connectivity index (χ3n) is 4.66. The van der Waals surface area contributed by atoms with Gasteiger partial charge in [-0.1, -0.05) is 6.07 Å². The number of hydrogen-bond donors (Lipinski definition) is 2. The lowest BCUT2D eigenvalue weighted by molar-refractivity contribution is -0.384. The SMILES string of the molecule is O=C(Cn1ccc2cc([N+](=O)[O-])ccc21)Nc1cccc(C(=O)Nc2ccc(Br)cn2)c1. The van der Waals surface area contributed by atoms with Crippen LogP contribution in [-0.2, 0) is 11.3 Å². The largest absolute Gasteiger partial charge is 0.338 e. The van der Waals surface area contributed by atoms with Gasteiger partial charge < -0.3 is 15.2 Å². The quantitative estimate of drug-likeness (QED) is 0.300. The minimum Gasteiger partial charge on any atom is -0.338 e. The van der Waals surface area contributed by atoms with E-state index in [0.29, 0.717) is 28.0 Å². The second-order valence-electron chi connectivity index (χ2n) is 6.89. The highest BCUT2D eigenvalue weighted by Crippen LogP contribution is 2.22. The van der Waals surface area contributed by atoms with Gasteiger partial charge in [-0.2, -0.15) is 0 Å². The summed E-state index contributed by atoms with van der Waals surface area (Å²) in [7, 11) is 0. The standard InChI is InChI=1S/C22H16BrN5O4/c23-16-4-7-20(24-12-16)26-22(30)15-2-1-3-17(10-15)25-21(29)13-27-9-8-14-11-18(28(31)32)5-6-19(14)27/h1-12H,13H2,(H,25,29)(H,24,26,30). The molecule has 0 saturated carbocycles. The van der Waals surface area contributed by atoms with Crippen LogP contribution < -0.4 is 10.6 Å². The van der Waals surface area contributed by atoms with E-state index in [4.69, 9.17) is 0 Å². The van der Waals surface area contributed by atoms with Gasteiger partial charge in [0, 0.05) is 51.2 Å². The molecule has 0 atom stereocenters. The Balaban J connectivity index is 1.43. The number of carbonyl (C=O) groups is 2. The van der Waals surface area contributed by atoms with E-state index in [2.05, 4.69) is 31.5 Å². The van der Waals surface area contributed by atoms with Crippen LogP contribution in [-0.4, -0.2) is 26.3 Å². The molecule has 2 heterocycles. The molecule has 0 radical (unpaired) electrons. The van der Waals surface area contributed by atoms with Crippen LogP contribution in [0.2, 0.25) is 0 Å². The zero-order valence-corrected chi connectivity index (χ0v) is 18.1. The zero-order chi connectivity index (χ0) is 22.7. The summed E-state index contributed by atoms with van der Waals surface area (Å²) in [6.45, 7) is 0.0144. The summed E-state index contributed by atoms with van der Waals surface area (Å²) >= 11 is 3.29. The number of anilines is 2. The topological polar surface area (TPSA) is 119 Å². The molecule has 0 unspecified atom stereocenters. The van der Waals surface area contributed by atoms with E-state index in [1.54, 1.807) is 65.5 Å². The Kier molecular flexibility index (Phi) is 5.95. The van der Waals surface area contributed by atoms with Crippen LogP contribution in [0.5, 0.6) is 0 Å². The summed E-state index contributed by atoms with van der Waals surface area (Å²) in [5.74, 6) is -0.241. The second-order valence-corrected chi connectivity index (χ2v) is 7.80. The number of hydrogen-bond acceptors (Lipinski definition) is 5. The van der Waals surface area contributed by atoms with Crippen molar-refractivity contribution >= 4 is 55.8 Å². The van der Waals surface area contributed by atoms with Gasteiger partial charge in [0.25, 0.3) is 11.6 Å². The highest BCUT2D eigenvalue weighted by Gasteiger charge is 2.12. The minimum atomic E-state index is -0.459. The maximum atomic E-state index is 12.5. The van der Waals surface area contributed by atoms with Crippen LogP contribution in [0.3, 0.4) is 0 Å². The molecule has 2 aromatic carbocycles. The highest BCUT2D eigenvalue weighted by atomic mass is 79.9. The lowest BCUT2D eigenvalue weighted by atomic mass is 10.2. The molecule has 2 aromatic heterocycles. The predicted octanol–water partition coefficient (Wildman–Crippen LogP) is 4.60. The van der Waals surface area contributed by atoms with E-state index in [1.165, 1.54) is 12.1 Å². The van der Waals surface area contributed by atoms with Gasteiger partial charge in [0.2, 0.25) is 5.91 Å². The van der Waals surface area contributed by atoms with E-state index >= 15 is 0 Å². The summed E-state index contributed by atoms with van der Waals surface area (Å²) in [4.78, 5) is 39.6. The number of nitro benzene ring substituents is 1. The molecular weight excluding hydrogens is 478 g/mol. The Morgan fingerprint density at radius 3 is 2.66 bits per heavy atom. The molecule has 160 valence electrons. The van der Waals surface area contributed by atoms with E-state index in [1.807, 2.05) is 0 Å². The lowest BCUT2D eigenvalue weighted by Gasteiger charge is -2.09. The van der Waals surface area contributed by atoms with Gasteiger partial charge >= 0.3 is 0 Å². The summed E-state index contributed by atoms with van der Waals surface area (Å²) < 4.78 is 2.50. The number of fused-ring (bicyclic) bond motifs is 1. The molecule has 4 aromatic rings. The monoisotopic (exact) mass is 493 g/mol. The van der Waals surface area contributed by atoms with Crippen molar-refractivity contribution in [3.63, 3.8) is 0 Å². The number of rotatable bonds is 6. The first-order valence-corrected chi connectivity index (χ1v) is 10.2. The van der Waals surface area contributed by atoms with Crippen LogP contribution in [0, 0.1) is 10.1 Å². The highest BCUT2D eigenvalue weighted by molar-refractivity contribution is 9.10. The van der Waals surface area contributed by atoms with Crippen LogP contribution in [0.25, 0.3) is 10.9 Å². The van der Waals surface area contributed by atoms with E-state index in [0.717, 1.165) is 4.47 Å². The average molecular weight is 494 g/mol. The Hall–Kier alpha value is -4.05. The van der Waals surface area contributed by atoms with Crippen molar-refractivity contribution in [1.29, 1.82) is 0 Å². The van der Waals surface area contributed by atoms with E-state index in [9.17, 15) is 19.7 Å². The smallest absolute Gasteiger partial charge is 0.270 e. The normalized spacial score (nSPS) is 10.7. The van der Waals surface area contributed by atoms with Crippen molar-refractivity contribution in [1.82, 2.24) is 9.55 Å². The fourth-order valence-electron chi connectivity index (χ4n) is 3.17. The molecule has 0 aliphatic carbocycles. The van der Waals surface area contributed by atoms with Crippen LogP contribution in [0.1, 0.15) is 10.4 Å². The number of non-ortho nitro benzene ring substituents is 1. The van der Waals surface area contributed by atoms with Crippen molar-refractivity contribution in [3.05, 3.63) is 93.2 Å². The molecule has 2 amide bonds. The predicted molar refractivity (Wildman–Crippen MR) is 124 cm³/mol. The molecule has 0 bridgehead atoms. The van der Waals surface area contributed by atoms with Gasteiger partial charge in [0.1, 0.15) is 12.4 Å². The number of nitro groups is 1. The first-order chi connectivity index (χ1) is 15.4. The number of amides is 2. The van der Waals surface area contributed by atoms with E-state index < -0.39 is 4.92 Å². The molecule has 10 heteroatoms. The lowest BCUT2D eigenvalue weighted by Crippen LogP contribution is -2.19. The van der Waals surface area contributed by atoms with Crippen molar-refractivity contribution in [3.8, 4) is 0 Å². The summed E-state index contributed by atoms with van der Waals surface area (Å²) in [6, 6.07) is 16.2. The van der Waals surface area contributed by atoms with Crippen molar-refractivity contribution < 1.29 is 14.5 Å². The van der Waals surface area contributed by atoms with Crippen LogP contribution in [0.15, 0.2) is 77.5 Å². The molecule has 4 rings (SSSR count). The molecule has 0 aliphatic rings. The molecule has 0 spiro atoms. The first-order valence-electron chi connectivity index (χ1n) is 9.45. The fourth-order valence-corrected chi connectivity index (χ4v) is 3.41. The Morgan fingerprint density at radius 1 is 1.06 bits per heavy atom. The number of carbonyl (C=O) groups excluding carboxylic acids is 2. The van der Waals surface area contributed by atoms with Gasteiger partial charge in [0.05, 0.1) is 4.92 Å².